The van der Waals surface area contributed by atoms with Crippen LogP contribution in [0.2, 0.25) is 0 Å². The fourth-order valence-electron chi connectivity index (χ4n) is 1.65. The van der Waals surface area contributed by atoms with Gasteiger partial charge in [-0.3, -0.25) is 0 Å². The number of nitrogens with zero attached hydrogens (tertiary/aromatic N) is 1. The molecule has 1 aromatic carbocycles. The molecule has 0 aliphatic heterocycles. The van der Waals surface area contributed by atoms with Crippen LogP contribution in [-0.4, -0.2) is 40.5 Å². The molecule has 0 saturated heterocycles. The van der Waals surface area contributed by atoms with Crippen molar-refractivity contribution in [2.45, 2.75) is 18.4 Å². The van der Waals surface area contributed by atoms with E-state index in [1.54, 1.807) is 19.1 Å². The van der Waals surface area contributed by atoms with Crippen molar-refractivity contribution in [3.05, 3.63) is 29.3 Å². The van der Waals surface area contributed by atoms with E-state index in [0.29, 0.717) is 24.5 Å². The van der Waals surface area contributed by atoms with Gasteiger partial charge in [-0.2, -0.15) is 0 Å². The molecule has 0 spiro atoms. The number of hydrogen-bond acceptors (Lipinski definition) is 4. The lowest BCUT2D eigenvalue weighted by Gasteiger charge is -2.13. The van der Waals surface area contributed by atoms with E-state index in [9.17, 15) is 8.42 Å². The zero-order valence-corrected chi connectivity index (χ0v) is 11.9. The molecule has 6 heteroatoms. The van der Waals surface area contributed by atoms with Crippen molar-refractivity contribution >= 4 is 10.0 Å². The van der Waals surface area contributed by atoms with Crippen molar-refractivity contribution < 1.29 is 8.42 Å². The van der Waals surface area contributed by atoms with E-state index in [1.165, 1.54) is 0 Å². The van der Waals surface area contributed by atoms with Gasteiger partial charge in [-0.15, -0.1) is 0 Å². The smallest absolute Gasteiger partial charge is 0.240 e. The van der Waals surface area contributed by atoms with Crippen LogP contribution in [0.15, 0.2) is 23.1 Å². The predicted octanol–water partition coefficient (Wildman–Crippen LogP) is 0.294. The highest BCUT2D eigenvalue weighted by Crippen LogP contribution is 2.18. The Balaban J connectivity index is 2.92. The van der Waals surface area contributed by atoms with Crippen molar-refractivity contribution in [2.75, 3.05) is 27.2 Å². The molecule has 0 unspecified atom stereocenters. The molecule has 0 fully saturated rings. The first kappa shape index (κ1) is 15.1. The van der Waals surface area contributed by atoms with Crippen LogP contribution in [0, 0.1) is 6.92 Å². The summed E-state index contributed by atoms with van der Waals surface area (Å²) in [5.74, 6) is 0. The SMILES string of the molecule is Cc1c(CN)cccc1S(=O)(=O)NCCN(C)C. The molecule has 102 valence electrons. The van der Waals surface area contributed by atoms with Gasteiger partial charge in [0.05, 0.1) is 4.90 Å². The average molecular weight is 271 g/mol. The highest BCUT2D eigenvalue weighted by Gasteiger charge is 2.17. The molecular formula is C12H21N3O2S. The fourth-order valence-corrected chi connectivity index (χ4v) is 2.96. The van der Waals surface area contributed by atoms with Gasteiger partial charge in [0, 0.05) is 19.6 Å². The Kier molecular flexibility index (Phi) is 5.28. The monoisotopic (exact) mass is 271 g/mol. The Bertz CT molecular complexity index is 498. The molecule has 0 heterocycles. The molecule has 18 heavy (non-hydrogen) atoms. The Morgan fingerprint density at radius 1 is 1.33 bits per heavy atom. The van der Waals surface area contributed by atoms with Gasteiger partial charge in [-0.1, -0.05) is 12.1 Å². The van der Waals surface area contributed by atoms with Crippen LogP contribution in [0.3, 0.4) is 0 Å². The third kappa shape index (κ3) is 3.78. The summed E-state index contributed by atoms with van der Waals surface area (Å²) in [6.07, 6.45) is 0. The first-order valence-corrected chi connectivity index (χ1v) is 7.29. The Morgan fingerprint density at radius 3 is 2.56 bits per heavy atom. The van der Waals surface area contributed by atoms with E-state index in [-0.39, 0.29) is 0 Å². The van der Waals surface area contributed by atoms with Crippen LogP contribution < -0.4 is 10.5 Å². The molecule has 1 aromatic rings. The quantitative estimate of drug-likeness (QED) is 0.780. The fraction of sp³-hybridized carbons (Fsp3) is 0.500. The molecular weight excluding hydrogens is 250 g/mol. The summed E-state index contributed by atoms with van der Waals surface area (Å²) >= 11 is 0. The van der Waals surface area contributed by atoms with Crippen molar-refractivity contribution in [3.63, 3.8) is 0 Å². The van der Waals surface area contributed by atoms with E-state index in [0.717, 1.165) is 11.1 Å². The highest BCUT2D eigenvalue weighted by atomic mass is 32.2. The topological polar surface area (TPSA) is 75.4 Å². The first-order chi connectivity index (χ1) is 8.38. The molecule has 0 saturated carbocycles. The summed E-state index contributed by atoms with van der Waals surface area (Å²) in [5, 5.41) is 0. The zero-order valence-electron chi connectivity index (χ0n) is 11.1. The van der Waals surface area contributed by atoms with Crippen molar-refractivity contribution in [3.8, 4) is 0 Å². The Labute approximate surface area is 109 Å². The van der Waals surface area contributed by atoms with Gasteiger partial charge in [-0.25, -0.2) is 13.1 Å². The predicted molar refractivity (Wildman–Crippen MR) is 72.8 cm³/mol. The standard InChI is InChI=1S/C12H21N3O2S/c1-10-11(9-13)5-4-6-12(10)18(16,17)14-7-8-15(2)3/h4-6,14H,7-9,13H2,1-3H3. The number of sulfonamides is 1. The van der Waals surface area contributed by atoms with Gasteiger partial charge in [0.1, 0.15) is 0 Å². The molecule has 0 amide bonds. The van der Waals surface area contributed by atoms with Crippen LogP contribution in [0.1, 0.15) is 11.1 Å². The molecule has 0 aliphatic carbocycles. The molecule has 0 aliphatic rings. The molecule has 3 N–H and O–H groups in total. The molecule has 0 radical (unpaired) electrons. The Morgan fingerprint density at radius 2 is 2.00 bits per heavy atom. The molecule has 1 rings (SSSR count). The van der Waals surface area contributed by atoms with Crippen LogP contribution in [-0.2, 0) is 16.6 Å². The first-order valence-electron chi connectivity index (χ1n) is 5.81. The van der Waals surface area contributed by atoms with E-state index in [4.69, 9.17) is 5.73 Å². The van der Waals surface area contributed by atoms with E-state index >= 15 is 0 Å². The summed E-state index contributed by atoms with van der Waals surface area (Å²) < 4.78 is 26.9. The summed E-state index contributed by atoms with van der Waals surface area (Å²) in [5.41, 5.74) is 7.15. The number of hydrogen-bond donors (Lipinski definition) is 2. The maximum Gasteiger partial charge on any atom is 0.240 e. The highest BCUT2D eigenvalue weighted by molar-refractivity contribution is 7.89. The van der Waals surface area contributed by atoms with Crippen molar-refractivity contribution in [1.29, 1.82) is 0 Å². The number of benzene rings is 1. The van der Waals surface area contributed by atoms with Crippen molar-refractivity contribution in [1.82, 2.24) is 9.62 Å². The second-order valence-corrected chi connectivity index (χ2v) is 6.18. The number of likely N-dealkylation sites (N-methyl/N-ethyl adjacent to an activating group) is 1. The molecule has 0 aromatic heterocycles. The lowest BCUT2D eigenvalue weighted by atomic mass is 10.1. The zero-order chi connectivity index (χ0) is 13.8. The van der Waals surface area contributed by atoms with Crippen LogP contribution >= 0.6 is 0 Å². The molecule has 0 atom stereocenters. The summed E-state index contributed by atoms with van der Waals surface area (Å²) in [4.78, 5) is 2.23. The third-order valence-electron chi connectivity index (χ3n) is 2.76. The van der Waals surface area contributed by atoms with Crippen molar-refractivity contribution in [2.24, 2.45) is 5.73 Å². The number of nitrogens with one attached hydrogen (secondary N) is 1. The lowest BCUT2D eigenvalue weighted by Crippen LogP contribution is -2.31. The number of nitrogens with two attached hydrogens (primary N) is 1. The van der Waals surface area contributed by atoms with E-state index in [1.807, 2.05) is 25.1 Å². The van der Waals surface area contributed by atoms with Crippen LogP contribution in [0.5, 0.6) is 0 Å². The third-order valence-corrected chi connectivity index (χ3v) is 4.36. The summed E-state index contributed by atoms with van der Waals surface area (Å²) in [6, 6.07) is 5.16. The maximum atomic E-state index is 12.1. The van der Waals surface area contributed by atoms with E-state index < -0.39 is 10.0 Å². The van der Waals surface area contributed by atoms with Gasteiger partial charge in [0.15, 0.2) is 0 Å². The number of rotatable bonds is 6. The van der Waals surface area contributed by atoms with E-state index in [2.05, 4.69) is 4.72 Å². The minimum atomic E-state index is -3.45. The van der Waals surface area contributed by atoms with Crippen LogP contribution in [0.4, 0.5) is 0 Å². The second kappa shape index (κ2) is 6.29. The largest absolute Gasteiger partial charge is 0.326 e. The van der Waals surface area contributed by atoms with Crippen LogP contribution in [0.25, 0.3) is 0 Å². The minimum Gasteiger partial charge on any atom is -0.326 e. The van der Waals surface area contributed by atoms with Gasteiger partial charge in [0.25, 0.3) is 0 Å². The molecule has 5 nitrogen and oxygen atoms in total. The van der Waals surface area contributed by atoms with Gasteiger partial charge < -0.3 is 10.6 Å². The average Bonchev–Trinajstić information content (AvgIpc) is 2.28. The second-order valence-electron chi connectivity index (χ2n) is 4.45. The minimum absolute atomic E-state index is 0.309. The maximum absolute atomic E-state index is 12.1. The van der Waals surface area contributed by atoms with Gasteiger partial charge in [-0.05, 0) is 38.2 Å². The normalized spacial score (nSPS) is 12.1. The van der Waals surface area contributed by atoms with Gasteiger partial charge >= 0.3 is 0 Å². The molecule has 0 bridgehead atoms. The lowest BCUT2D eigenvalue weighted by molar-refractivity contribution is 0.412. The van der Waals surface area contributed by atoms with Gasteiger partial charge in [0.2, 0.25) is 10.0 Å². The summed E-state index contributed by atoms with van der Waals surface area (Å²) in [6.45, 7) is 3.17. The summed E-state index contributed by atoms with van der Waals surface area (Å²) in [7, 11) is 0.343. The Hall–Kier alpha value is -0.950.